The van der Waals surface area contributed by atoms with E-state index >= 15 is 0 Å². The number of aromatic nitrogens is 3. The normalized spacial score (nSPS) is 21.0. The molecular weight excluding hydrogens is 300 g/mol. The Labute approximate surface area is 143 Å². The summed E-state index contributed by atoms with van der Waals surface area (Å²) in [5.74, 6) is 1.26. The molecule has 0 radical (unpaired) electrons. The highest BCUT2D eigenvalue weighted by molar-refractivity contribution is 5.26. The Hall–Kier alpha value is -1.72. The van der Waals surface area contributed by atoms with Gasteiger partial charge in [0, 0.05) is 56.7 Å². The molecule has 0 aromatic carbocycles. The number of fused-ring (bicyclic) bond motifs is 1. The van der Waals surface area contributed by atoms with E-state index in [1.165, 1.54) is 24.1 Å². The minimum absolute atomic E-state index is 0.408. The third-order valence-electron chi connectivity index (χ3n) is 4.94. The highest BCUT2D eigenvalue weighted by Gasteiger charge is 2.30. The molecule has 2 aromatic rings. The van der Waals surface area contributed by atoms with Gasteiger partial charge in [-0.05, 0) is 37.8 Å². The van der Waals surface area contributed by atoms with Gasteiger partial charge in [-0.3, -0.25) is 14.6 Å². The molecule has 128 valence electrons. The third kappa shape index (κ3) is 3.68. The van der Waals surface area contributed by atoms with Gasteiger partial charge in [0.15, 0.2) is 0 Å². The van der Waals surface area contributed by atoms with Crippen LogP contribution in [-0.4, -0.2) is 39.4 Å². The second kappa shape index (κ2) is 7.03. The summed E-state index contributed by atoms with van der Waals surface area (Å²) in [7, 11) is 0. The molecule has 2 aromatic heterocycles. The number of nitrogens with zero attached hydrogens (tertiary/aromatic N) is 4. The maximum Gasteiger partial charge on any atom is 0.0801 e. The molecule has 4 rings (SSSR count). The molecule has 5 nitrogen and oxygen atoms in total. The van der Waals surface area contributed by atoms with Crippen LogP contribution < -0.4 is 0 Å². The van der Waals surface area contributed by atoms with Crippen molar-refractivity contribution >= 4 is 0 Å². The van der Waals surface area contributed by atoms with Gasteiger partial charge in [0.05, 0.1) is 18.0 Å². The van der Waals surface area contributed by atoms with E-state index in [-0.39, 0.29) is 0 Å². The van der Waals surface area contributed by atoms with Crippen molar-refractivity contribution in [2.75, 3.05) is 19.8 Å². The van der Waals surface area contributed by atoms with E-state index in [0.29, 0.717) is 5.92 Å². The fourth-order valence-electron chi connectivity index (χ4n) is 3.53. The number of ether oxygens (including phenoxy) is 1. The lowest BCUT2D eigenvalue weighted by Gasteiger charge is -2.31. The van der Waals surface area contributed by atoms with Gasteiger partial charge in [-0.2, -0.15) is 5.10 Å². The maximum absolute atomic E-state index is 5.75. The van der Waals surface area contributed by atoms with Crippen LogP contribution in [-0.2, 0) is 24.4 Å². The Kier molecular flexibility index (Phi) is 4.63. The molecule has 5 heteroatoms. The summed E-state index contributed by atoms with van der Waals surface area (Å²) in [5, 5.41) is 4.88. The molecule has 1 fully saturated rings. The zero-order chi connectivity index (χ0) is 16.4. The van der Waals surface area contributed by atoms with E-state index in [0.717, 1.165) is 51.0 Å². The molecule has 0 amide bonds. The molecule has 1 aliphatic heterocycles. The summed E-state index contributed by atoms with van der Waals surface area (Å²) in [6, 6.07) is 6.12. The van der Waals surface area contributed by atoms with E-state index in [4.69, 9.17) is 9.84 Å². The zero-order valence-corrected chi connectivity index (χ0v) is 14.4. The predicted molar refractivity (Wildman–Crippen MR) is 92.5 cm³/mol. The highest BCUT2D eigenvalue weighted by atomic mass is 16.5. The van der Waals surface area contributed by atoms with Crippen molar-refractivity contribution in [1.29, 1.82) is 0 Å². The van der Waals surface area contributed by atoms with Gasteiger partial charge < -0.3 is 4.74 Å². The van der Waals surface area contributed by atoms with Crippen LogP contribution in [0.25, 0.3) is 0 Å². The van der Waals surface area contributed by atoms with Crippen molar-refractivity contribution < 1.29 is 4.74 Å². The van der Waals surface area contributed by atoms with Gasteiger partial charge in [0.1, 0.15) is 0 Å². The SMILES string of the molecule is CCOC[C@@H]1CN(Cc2ccccn2)Cc2nn(CC3CC3)cc21. The van der Waals surface area contributed by atoms with E-state index in [2.05, 4.69) is 39.8 Å². The Morgan fingerprint density at radius 2 is 2.21 bits per heavy atom. The van der Waals surface area contributed by atoms with Crippen molar-refractivity contribution in [1.82, 2.24) is 19.7 Å². The largest absolute Gasteiger partial charge is 0.381 e. The van der Waals surface area contributed by atoms with Crippen LogP contribution in [0.2, 0.25) is 0 Å². The van der Waals surface area contributed by atoms with E-state index < -0.39 is 0 Å². The fraction of sp³-hybridized carbons (Fsp3) is 0.579. The first-order chi connectivity index (χ1) is 11.8. The highest BCUT2D eigenvalue weighted by Crippen LogP contribution is 2.33. The van der Waals surface area contributed by atoms with Crippen LogP contribution in [0, 0.1) is 5.92 Å². The second-order valence-corrected chi connectivity index (χ2v) is 7.04. The lowest BCUT2D eigenvalue weighted by molar-refractivity contribution is 0.104. The van der Waals surface area contributed by atoms with Crippen LogP contribution in [0.5, 0.6) is 0 Å². The predicted octanol–water partition coefficient (Wildman–Crippen LogP) is 2.82. The second-order valence-electron chi connectivity index (χ2n) is 7.04. The Morgan fingerprint density at radius 1 is 1.29 bits per heavy atom. The zero-order valence-electron chi connectivity index (χ0n) is 14.4. The van der Waals surface area contributed by atoms with Crippen LogP contribution in [0.15, 0.2) is 30.6 Å². The first-order valence-electron chi connectivity index (χ1n) is 9.08. The van der Waals surface area contributed by atoms with Crippen LogP contribution >= 0.6 is 0 Å². The molecule has 3 heterocycles. The number of pyridine rings is 1. The molecule has 1 atom stereocenters. The number of hydrogen-bond acceptors (Lipinski definition) is 4. The average molecular weight is 326 g/mol. The summed E-state index contributed by atoms with van der Waals surface area (Å²) in [4.78, 5) is 6.92. The first kappa shape index (κ1) is 15.8. The van der Waals surface area contributed by atoms with Gasteiger partial charge in [-0.15, -0.1) is 0 Å². The summed E-state index contributed by atoms with van der Waals surface area (Å²) >= 11 is 0. The average Bonchev–Trinajstić information content (AvgIpc) is 3.31. The molecule has 0 saturated heterocycles. The molecule has 1 aliphatic carbocycles. The van der Waals surface area contributed by atoms with Gasteiger partial charge in [0.25, 0.3) is 0 Å². The minimum Gasteiger partial charge on any atom is -0.381 e. The van der Waals surface area contributed by atoms with Crippen molar-refractivity contribution in [2.45, 2.75) is 45.3 Å². The summed E-state index contributed by atoms with van der Waals surface area (Å²) in [6.07, 6.45) is 6.86. The van der Waals surface area contributed by atoms with Gasteiger partial charge in [0.2, 0.25) is 0 Å². The summed E-state index contributed by atoms with van der Waals surface area (Å²) in [6.45, 7) is 7.48. The lowest BCUT2D eigenvalue weighted by Crippen LogP contribution is -2.35. The van der Waals surface area contributed by atoms with E-state index in [1.54, 1.807) is 0 Å². The molecule has 24 heavy (non-hydrogen) atoms. The summed E-state index contributed by atoms with van der Waals surface area (Å²) in [5.41, 5.74) is 3.73. The van der Waals surface area contributed by atoms with Crippen molar-refractivity contribution in [3.05, 3.63) is 47.5 Å². The Bertz CT molecular complexity index is 665. The number of rotatable bonds is 7. The smallest absolute Gasteiger partial charge is 0.0801 e. The van der Waals surface area contributed by atoms with Crippen LogP contribution in [0.4, 0.5) is 0 Å². The molecule has 1 saturated carbocycles. The fourth-order valence-corrected chi connectivity index (χ4v) is 3.53. The third-order valence-corrected chi connectivity index (χ3v) is 4.94. The monoisotopic (exact) mass is 326 g/mol. The molecule has 0 N–H and O–H groups in total. The van der Waals surface area contributed by atoms with Gasteiger partial charge in [-0.25, -0.2) is 0 Å². The topological polar surface area (TPSA) is 43.2 Å². The summed E-state index contributed by atoms with van der Waals surface area (Å²) < 4.78 is 7.92. The number of hydrogen-bond donors (Lipinski definition) is 0. The van der Waals surface area contributed by atoms with Gasteiger partial charge >= 0.3 is 0 Å². The van der Waals surface area contributed by atoms with Crippen LogP contribution in [0.3, 0.4) is 0 Å². The van der Waals surface area contributed by atoms with Crippen molar-refractivity contribution in [3.8, 4) is 0 Å². The molecular formula is C19H26N4O. The standard InChI is InChI=1S/C19H26N4O/c1-2-24-14-16-10-22(11-17-5-3-4-8-20-17)13-19-18(16)12-23(21-19)9-15-6-7-15/h3-5,8,12,15-16H,2,6-7,9-11,13-14H2,1H3/t16-/m0/s1. The Morgan fingerprint density at radius 3 is 2.96 bits per heavy atom. The molecule has 0 bridgehead atoms. The quantitative estimate of drug-likeness (QED) is 0.785. The Balaban J connectivity index is 1.51. The lowest BCUT2D eigenvalue weighted by atomic mass is 9.95. The maximum atomic E-state index is 5.75. The van der Waals surface area contributed by atoms with Crippen molar-refractivity contribution in [2.24, 2.45) is 5.92 Å². The van der Waals surface area contributed by atoms with E-state index in [9.17, 15) is 0 Å². The van der Waals surface area contributed by atoms with E-state index in [1.807, 2.05) is 12.3 Å². The van der Waals surface area contributed by atoms with Crippen LogP contribution in [0.1, 0.15) is 42.6 Å². The first-order valence-corrected chi connectivity index (χ1v) is 9.08. The molecule has 0 unspecified atom stereocenters. The molecule has 0 spiro atoms. The molecule has 2 aliphatic rings. The van der Waals surface area contributed by atoms with Gasteiger partial charge in [-0.1, -0.05) is 6.07 Å². The minimum atomic E-state index is 0.408. The van der Waals surface area contributed by atoms with Crippen molar-refractivity contribution in [3.63, 3.8) is 0 Å².